The quantitative estimate of drug-likeness (QED) is 0.273. The number of aromatic nitrogens is 2. The second-order valence-corrected chi connectivity index (χ2v) is 8.16. The van der Waals surface area contributed by atoms with Gasteiger partial charge in [0.05, 0.1) is 32.1 Å². The fourth-order valence-electron chi connectivity index (χ4n) is 3.50. The Morgan fingerprint density at radius 3 is 1.32 bits per heavy atom. The van der Waals surface area contributed by atoms with Crippen LogP contribution in [-0.4, -0.2) is 9.97 Å². The smallest absolute Gasteiger partial charge is 0.197 e. The highest BCUT2D eigenvalue weighted by molar-refractivity contribution is 6.39. The maximum atomic E-state index is 13.0. The Balaban J connectivity index is 2.02. The van der Waals surface area contributed by atoms with Gasteiger partial charge in [-0.25, -0.2) is 0 Å². The van der Waals surface area contributed by atoms with Gasteiger partial charge in [-0.15, -0.1) is 0 Å². The number of aromatic amines is 2. The van der Waals surface area contributed by atoms with Crippen LogP contribution in [0.5, 0.6) is 0 Å². The SMILES string of the molecule is O=c1c2cc3[nH]c4c(Cl)cc(Cl)cc4c(=O)c3cc2[nH]c2c(Cl)cc(Cl)cc12. The molecule has 0 radical (unpaired) electrons. The molecule has 4 nitrogen and oxygen atoms in total. The summed E-state index contributed by atoms with van der Waals surface area (Å²) < 4.78 is 0. The van der Waals surface area contributed by atoms with E-state index in [-0.39, 0.29) is 10.9 Å². The molecule has 0 spiro atoms. The molecule has 5 aromatic rings. The molecule has 138 valence electrons. The van der Waals surface area contributed by atoms with Crippen molar-refractivity contribution < 1.29 is 0 Å². The van der Waals surface area contributed by atoms with Gasteiger partial charge < -0.3 is 9.97 Å². The Bertz CT molecular complexity index is 1480. The predicted molar refractivity (Wildman–Crippen MR) is 118 cm³/mol. The van der Waals surface area contributed by atoms with E-state index in [0.717, 1.165) is 0 Å². The van der Waals surface area contributed by atoms with Gasteiger partial charge >= 0.3 is 0 Å². The zero-order chi connectivity index (χ0) is 19.7. The molecular formula is C20H8Cl4N2O2. The molecule has 5 rings (SSSR count). The number of pyridine rings is 2. The van der Waals surface area contributed by atoms with E-state index in [1.807, 2.05) is 0 Å². The lowest BCUT2D eigenvalue weighted by Crippen LogP contribution is -2.08. The summed E-state index contributed by atoms with van der Waals surface area (Å²) >= 11 is 24.6. The second-order valence-electron chi connectivity index (χ2n) is 6.47. The topological polar surface area (TPSA) is 65.7 Å². The summed E-state index contributed by atoms with van der Waals surface area (Å²) in [6, 6.07) is 9.49. The molecule has 2 aromatic heterocycles. The van der Waals surface area contributed by atoms with Crippen LogP contribution in [0.1, 0.15) is 0 Å². The lowest BCUT2D eigenvalue weighted by atomic mass is 10.1. The lowest BCUT2D eigenvalue weighted by Gasteiger charge is -2.09. The molecule has 2 N–H and O–H groups in total. The van der Waals surface area contributed by atoms with Crippen molar-refractivity contribution in [1.29, 1.82) is 0 Å². The van der Waals surface area contributed by atoms with E-state index < -0.39 is 0 Å². The normalized spacial score (nSPS) is 11.9. The van der Waals surface area contributed by atoms with Crippen LogP contribution in [0.3, 0.4) is 0 Å². The van der Waals surface area contributed by atoms with Crippen LogP contribution in [0, 0.1) is 0 Å². The van der Waals surface area contributed by atoms with Gasteiger partial charge in [0.1, 0.15) is 0 Å². The minimum atomic E-state index is -0.238. The van der Waals surface area contributed by atoms with Crippen molar-refractivity contribution in [1.82, 2.24) is 9.97 Å². The van der Waals surface area contributed by atoms with E-state index >= 15 is 0 Å². The average Bonchev–Trinajstić information content (AvgIpc) is 2.63. The number of nitrogens with one attached hydrogen (secondary N) is 2. The maximum absolute atomic E-state index is 13.0. The van der Waals surface area contributed by atoms with Crippen molar-refractivity contribution in [2.24, 2.45) is 0 Å². The van der Waals surface area contributed by atoms with Crippen molar-refractivity contribution in [2.45, 2.75) is 0 Å². The molecule has 8 heteroatoms. The highest BCUT2D eigenvalue weighted by Gasteiger charge is 2.14. The van der Waals surface area contributed by atoms with Crippen LogP contribution in [0.15, 0.2) is 46.0 Å². The summed E-state index contributed by atoms with van der Waals surface area (Å²) in [6.07, 6.45) is 0. The molecule has 0 unspecified atom stereocenters. The Hall–Kier alpha value is -2.24. The third-order valence-electron chi connectivity index (χ3n) is 4.77. The van der Waals surface area contributed by atoms with E-state index in [1.54, 1.807) is 36.4 Å². The number of hydrogen-bond donors (Lipinski definition) is 2. The van der Waals surface area contributed by atoms with Gasteiger partial charge in [-0.1, -0.05) is 46.4 Å². The van der Waals surface area contributed by atoms with Crippen molar-refractivity contribution in [2.75, 3.05) is 0 Å². The molecule has 0 atom stereocenters. The molecule has 0 saturated heterocycles. The van der Waals surface area contributed by atoms with E-state index in [2.05, 4.69) is 9.97 Å². The minimum Gasteiger partial charge on any atom is -0.353 e. The zero-order valence-corrected chi connectivity index (χ0v) is 16.8. The van der Waals surface area contributed by atoms with E-state index in [1.165, 1.54) is 0 Å². The lowest BCUT2D eigenvalue weighted by molar-refractivity contribution is 1.46. The molecule has 0 bridgehead atoms. The van der Waals surface area contributed by atoms with Crippen LogP contribution in [0.2, 0.25) is 20.1 Å². The van der Waals surface area contributed by atoms with Crippen LogP contribution in [-0.2, 0) is 0 Å². The highest BCUT2D eigenvalue weighted by Crippen LogP contribution is 2.29. The number of hydrogen-bond acceptors (Lipinski definition) is 2. The molecule has 0 saturated carbocycles. The summed E-state index contributed by atoms with van der Waals surface area (Å²) in [6.45, 7) is 0. The molecule has 0 fully saturated rings. The standard InChI is InChI=1S/C20H8Cl4N2O2/c21-7-1-11-17(13(23)3-7)25-15-6-10-16(5-9(15)19(11)27)26-18-12(20(10)28)2-8(22)4-14(18)24/h1-6H,(H,25,27)(H,26,28). The van der Waals surface area contributed by atoms with Gasteiger partial charge in [0, 0.05) is 31.6 Å². The first kappa shape index (κ1) is 17.8. The van der Waals surface area contributed by atoms with Gasteiger partial charge in [-0.2, -0.15) is 0 Å². The maximum Gasteiger partial charge on any atom is 0.197 e. The molecule has 0 aliphatic carbocycles. The Labute approximate surface area is 176 Å². The number of halogens is 4. The molecule has 0 aliphatic heterocycles. The Kier molecular flexibility index (Phi) is 3.90. The van der Waals surface area contributed by atoms with Crippen molar-refractivity contribution in [3.8, 4) is 0 Å². The number of rotatable bonds is 0. The monoisotopic (exact) mass is 448 g/mol. The zero-order valence-electron chi connectivity index (χ0n) is 13.8. The van der Waals surface area contributed by atoms with E-state index in [9.17, 15) is 9.59 Å². The summed E-state index contributed by atoms with van der Waals surface area (Å²) in [5.41, 5.74) is 1.44. The molecular weight excluding hydrogens is 442 g/mol. The third-order valence-corrected chi connectivity index (χ3v) is 5.80. The Morgan fingerprint density at radius 2 is 0.929 bits per heavy atom. The molecule has 28 heavy (non-hydrogen) atoms. The van der Waals surface area contributed by atoms with Gasteiger partial charge in [0.15, 0.2) is 10.9 Å². The van der Waals surface area contributed by atoms with E-state index in [4.69, 9.17) is 46.4 Å². The third kappa shape index (κ3) is 2.53. The summed E-state index contributed by atoms with van der Waals surface area (Å²) in [4.78, 5) is 32.3. The first-order valence-corrected chi connectivity index (χ1v) is 9.64. The second kappa shape index (κ2) is 6.13. The van der Waals surface area contributed by atoms with Crippen LogP contribution >= 0.6 is 46.4 Å². The number of benzene rings is 3. The van der Waals surface area contributed by atoms with Crippen LogP contribution in [0.4, 0.5) is 0 Å². The number of H-pyrrole nitrogens is 2. The largest absolute Gasteiger partial charge is 0.353 e. The molecule has 3 aromatic carbocycles. The van der Waals surface area contributed by atoms with Gasteiger partial charge in [0.2, 0.25) is 0 Å². The first-order valence-electron chi connectivity index (χ1n) is 8.13. The van der Waals surface area contributed by atoms with Crippen molar-refractivity contribution in [3.63, 3.8) is 0 Å². The fraction of sp³-hybridized carbons (Fsp3) is 0. The summed E-state index contributed by atoms with van der Waals surface area (Å²) in [5.74, 6) is 0. The molecule has 2 heterocycles. The van der Waals surface area contributed by atoms with Crippen molar-refractivity contribution in [3.05, 3.63) is 76.9 Å². The van der Waals surface area contributed by atoms with Gasteiger partial charge in [0.25, 0.3) is 0 Å². The van der Waals surface area contributed by atoms with Crippen molar-refractivity contribution >= 4 is 90.0 Å². The number of fused-ring (bicyclic) bond motifs is 4. The molecule has 0 amide bonds. The van der Waals surface area contributed by atoms with E-state index in [0.29, 0.717) is 63.7 Å². The first-order chi connectivity index (χ1) is 13.3. The predicted octanol–water partition coefficient (Wildman–Crippen LogP) is 6.29. The van der Waals surface area contributed by atoms with Gasteiger partial charge in [-0.3, -0.25) is 9.59 Å². The van der Waals surface area contributed by atoms with Crippen LogP contribution in [0.25, 0.3) is 43.6 Å². The Morgan fingerprint density at radius 1 is 0.536 bits per heavy atom. The fourth-order valence-corrected chi connectivity index (χ4v) is 4.58. The van der Waals surface area contributed by atoms with Crippen LogP contribution < -0.4 is 10.9 Å². The summed E-state index contributed by atoms with van der Waals surface area (Å²) in [5, 5.41) is 2.93. The highest BCUT2D eigenvalue weighted by atomic mass is 35.5. The minimum absolute atomic E-state index is 0.238. The summed E-state index contributed by atoms with van der Waals surface area (Å²) in [7, 11) is 0. The molecule has 0 aliphatic rings. The average molecular weight is 450 g/mol. The van der Waals surface area contributed by atoms with Gasteiger partial charge in [-0.05, 0) is 36.4 Å².